The van der Waals surface area contributed by atoms with Crippen molar-refractivity contribution in [1.82, 2.24) is 15.0 Å². The van der Waals surface area contributed by atoms with Gasteiger partial charge in [0.2, 0.25) is 0 Å². The Morgan fingerprint density at radius 2 is 2.00 bits per heavy atom. The Hall–Kier alpha value is -2.83. The number of nitrogens with zero attached hydrogens (tertiary/aromatic N) is 3. The van der Waals surface area contributed by atoms with E-state index in [-0.39, 0.29) is 11.9 Å². The molecule has 7 nitrogen and oxygen atoms in total. The molecule has 1 unspecified atom stereocenters. The molecular formula is C21H28N4O3. The van der Waals surface area contributed by atoms with Gasteiger partial charge in [-0.25, -0.2) is 4.79 Å². The van der Waals surface area contributed by atoms with Gasteiger partial charge in [-0.05, 0) is 56.9 Å². The summed E-state index contributed by atoms with van der Waals surface area (Å²) in [6.45, 7) is 7.90. The molecule has 0 bridgehead atoms. The van der Waals surface area contributed by atoms with E-state index in [1.165, 1.54) is 6.42 Å². The number of carbonyl (C=O) groups excluding carboxylic acids is 2. The molecule has 0 aliphatic carbocycles. The van der Waals surface area contributed by atoms with Crippen molar-refractivity contribution >= 4 is 17.6 Å². The predicted molar refractivity (Wildman–Crippen MR) is 107 cm³/mol. The maximum Gasteiger partial charge on any atom is 0.321 e. The molecule has 2 heterocycles. The van der Waals surface area contributed by atoms with Crippen molar-refractivity contribution in [2.24, 2.45) is 5.92 Å². The van der Waals surface area contributed by atoms with Crippen molar-refractivity contribution in [3.8, 4) is 0 Å². The molecule has 1 aromatic carbocycles. The number of hydrogen-bond acceptors (Lipinski definition) is 4. The molecule has 0 radical (unpaired) electrons. The summed E-state index contributed by atoms with van der Waals surface area (Å²) in [6, 6.07) is 6.84. The molecule has 1 aliphatic rings. The largest absolute Gasteiger partial charge is 0.361 e. The summed E-state index contributed by atoms with van der Waals surface area (Å²) in [4.78, 5) is 28.6. The lowest BCUT2D eigenvalue weighted by Crippen LogP contribution is -2.39. The number of urea groups is 1. The summed E-state index contributed by atoms with van der Waals surface area (Å²) in [5.41, 5.74) is 3.00. The van der Waals surface area contributed by atoms with Crippen LogP contribution in [0.5, 0.6) is 0 Å². The summed E-state index contributed by atoms with van der Waals surface area (Å²) in [5.74, 6) is 1.32. The summed E-state index contributed by atoms with van der Waals surface area (Å²) < 4.78 is 5.14. The molecular weight excluding hydrogens is 356 g/mol. The third-order valence-electron chi connectivity index (χ3n) is 5.25. The molecule has 28 heavy (non-hydrogen) atoms. The average molecular weight is 384 g/mol. The van der Waals surface area contributed by atoms with Crippen LogP contribution < -0.4 is 5.32 Å². The maximum absolute atomic E-state index is 12.6. The van der Waals surface area contributed by atoms with E-state index >= 15 is 0 Å². The predicted octanol–water partition coefficient (Wildman–Crippen LogP) is 3.83. The lowest BCUT2D eigenvalue weighted by Gasteiger charge is -2.31. The first kappa shape index (κ1) is 19.9. The second-order valence-electron chi connectivity index (χ2n) is 7.66. The second-order valence-corrected chi connectivity index (χ2v) is 7.66. The van der Waals surface area contributed by atoms with Crippen molar-refractivity contribution in [3.05, 3.63) is 46.8 Å². The van der Waals surface area contributed by atoms with E-state index in [2.05, 4.69) is 17.4 Å². The minimum atomic E-state index is -0.232. The maximum atomic E-state index is 12.6. The van der Waals surface area contributed by atoms with Crippen molar-refractivity contribution < 1.29 is 14.1 Å². The highest BCUT2D eigenvalue weighted by Crippen LogP contribution is 2.19. The highest BCUT2D eigenvalue weighted by molar-refractivity contribution is 5.95. The zero-order valence-electron chi connectivity index (χ0n) is 17.0. The molecule has 1 aliphatic heterocycles. The minimum absolute atomic E-state index is 0.0555. The fraction of sp³-hybridized carbons (Fsp3) is 0.476. The first-order valence-corrected chi connectivity index (χ1v) is 9.68. The molecule has 1 aromatic heterocycles. The molecule has 1 atom stereocenters. The Bertz CT molecular complexity index is 824. The summed E-state index contributed by atoms with van der Waals surface area (Å²) >= 11 is 0. The number of likely N-dealkylation sites (tertiary alicyclic amines) is 1. The Balaban J connectivity index is 1.59. The standard InChI is InChI=1S/C21H28N4O3/c1-14-6-5-11-25(12-14)20(26)17-7-9-18(10-8-17)22-21(27)24(4)13-19-15(2)23-28-16(19)3/h7-10,14H,5-6,11-13H2,1-4H3,(H,22,27). The Labute approximate surface area is 165 Å². The smallest absolute Gasteiger partial charge is 0.321 e. The fourth-order valence-electron chi connectivity index (χ4n) is 3.51. The molecule has 1 saturated heterocycles. The molecule has 150 valence electrons. The van der Waals surface area contributed by atoms with E-state index in [9.17, 15) is 9.59 Å². The molecule has 1 fully saturated rings. The van der Waals surface area contributed by atoms with Gasteiger partial charge in [-0.15, -0.1) is 0 Å². The normalized spacial score (nSPS) is 16.7. The van der Waals surface area contributed by atoms with Crippen LogP contribution in [0.25, 0.3) is 0 Å². The Morgan fingerprint density at radius 1 is 1.29 bits per heavy atom. The first-order chi connectivity index (χ1) is 13.3. The van der Waals surface area contributed by atoms with Crippen LogP contribution in [0.2, 0.25) is 0 Å². The van der Waals surface area contributed by atoms with Crippen molar-refractivity contribution in [3.63, 3.8) is 0 Å². The van der Waals surface area contributed by atoms with Crippen LogP contribution in [0.15, 0.2) is 28.8 Å². The molecule has 0 spiro atoms. The first-order valence-electron chi connectivity index (χ1n) is 9.68. The number of aryl methyl sites for hydroxylation is 2. The van der Waals surface area contributed by atoms with Crippen LogP contribution in [0, 0.1) is 19.8 Å². The second kappa shape index (κ2) is 8.46. The lowest BCUT2D eigenvalue weighted by atomic mass is 9.99. The van der Waals surface area contributed by atoms with Crippen LogP contribution in [-0.2, 0) is 6.54 Å². The highest BCUT2D eigenvalue weighted by Gasteiger charge is 2.22. The summed E-state index contributed by atoms with van der Waals surface area (Å²) in [5, 5.41) is 6.77. The Kier molecular flexibility index (Phi) is 6.02. The van der Waals surface area contributed by atoms with Gasteiger partial charge >= 0.3 is 6.03 Å². The van der Waals surface area contributed by atoms with Gasteiger partial charge < -0.3 is 19.6 Å². The zero-order valence-corrected chi connectivity index (χ0v) is 17.0. The van der Waals surface area contributed by atoms with Gasteiger partial charge in [0.25, 0.3) is 5.91 Å². The highest BCUT2D eigenvalue weighted by atomic mass is 16.5. The van der Waals surface area contributed by atoms with Crippen molar-refractivity contribution in [2.75, 3.05) is 25.5 Å². The number of anilines is 1. The monoisotopic (exact) mass is 384 g/mol. The lowest BCUT2D eigenvalue weighted by molar-refractivity contribution is 0.0683. The van der Waals surface area contributed by atoms with E-state index in [1.54, 1.807) is 36.2 Å². The molecule has 3 amide bonds. The molecule has 2 aromatic rings. The van der Waals surface area contributed by atoms with Gasteiger partial charge in [0.15, 0.2) is 0 Å². The SMILES string of the molecule is Cc1noc(C)c1CN(C)C(=O)Nc1ccc(C(=O)N2CCCC(C)C2)cc1. The molecule has 1 N–H and O–H groups in total. The van der Waals surface area contributed by atoms with Crippen LogP contribution in [-0.4, -0.2) is 47.0 Å². The minimum Gasteiger partial charge on any atom is -0.361 e. The third-order valence-corrected chi connectivity index (χ3v) is 5.25. The van der Waals surface area contributed by atoms with Gasteiger partial charge in [-0.2, -0.15) is 0 Å². The number of amides is 3. The van der Waals surface area contributed by atoms with E-state index in [1.807, 2.05) is 18.7 Å². The van der Waals surface area contributed by atoms with E-state index in [0.717, 1.165) is 30.8 Å². The number of benzene rings is 1. The van der Waals surface area contributed by atoms with E-state index in [4.69, 9.17) is 4.52 Å². The number of aromatic nitrogens is 1. The van der Waals surface area contributed by atoms with E-state index in [0.29, 0.717) is 29.5 Å². The van der Waals surface area contributed by atoms with Crippen LogP contribution in [0.3, 0.4) is 0 Å². The molecule has 3 rings (SSSR count). The van der Waals surface area contributed by atoms with Gasteiger partial charge in [0.05, 0.1) is 12.2 Å². The number of rotatable bonds is 4. The fourth-order valence-corrected chi connectivity index (χ4v) is 3.51. The van der Waals surface area contributed by atoms with Crippen LogP contribution in [0.4, 0.5) is 10.5 Å². The van der Waals surface area contributed by atoms with Gasteiger partial charge in [-0.1, -0.05) is 12.1 Å². The van der Waals surface area contributed by atoms with Crippen LogP contribution in [0.1, 0.15) is 47.1 Å². The number of carbonyl (C=O) groups is 2. The van der Waals surface area contributed by atoms with Gasteiger partial charge in [0, 0.05) is 37.0 Å². The molecule has 7 heteroatoms. The quantitative estimate of drug-likeness (QED) is 0.869. The Morgan fingerprint density at radius 3 is 2.61 bits per heavy atom. The number of piperidine rings is 1. The number of hydrogen-bond donors (Lipinski definition) is 1. The van der Waals surface area contributed by atoms with E-state index < -0.39 is 0 Å². The topological polar surface area (TPSA) is 78.7 Å². The van der Waals surface area contributed by atoms with Gasteiger partial charge in [-0.3, -0.25) is 4.79 Å². The molecule has 0 saturated carbocycles. The average Bonchev–Trinajstić information content (AvgIpc) is 3.00. The number of nitrogens with one attached hydrogen (secondary N) is 1. The van der Waals surface area contributed by atoms with Crippen molar-refractivity contribution in [1.29, 1.82) is 0 Å². The summed E-state index contributed by atoms with van der Waals surface area (Å²) in [7, 11) is 1.72. The van der Waals surface area contributed by atoms with Crippen LogP contribution >= 0.6 is 0 Å². The third kappa shape index (κ3) is 4.52. The summed E-state index contributed by atoms with van der Waals surface area (Å²) in [6.07, 6.45) is 2.23. The zero-order chi connectivity index (χ0) is 20.3. The van der Waals surface area contributed by atoms with Gasteiger partial charge in [0.1, 0.15) is 5.76 Å². The van der Waals surface area contributed by atoms with Crippen molar-refractivity contribution in [2.45, 2.75) is 40.2 Å².